The average Bonchev–Trinajstić information content (AvgIpc) is 3.75. The van der Waals surface area contributed by atoms with Gasteiger partial charge in [0.2, 0.25) is 5.91 Å². The number of rotatable bonds is 8. The molecule has 37 heavy (non-hydrogen) atoms. The second-order valence-electron chi connectivity index (χ2n) is 9.97. The molecule has 1 aliphatic carbocycles. The van der Waals surface area contributed by atoms with Crippen LogP contribution in [-0.2, 0) is 15.1 Å². The number of nitrogens with zero attached hydrogens (tertiary/aromatic N) is 2. The van der Waals surface area contributed by atoms with Crippen molar-refractivity contribution in [2.45, 2.75) is 31.3 Å². The second kappa shape index (κ2) is 11.0. The largest absolute Gasteiger partial charge is 0.360 e. The lowest BCUT2D eigenvalue weighted by Crippen LogP contribution is -2.45. The highest BCUT2D eigenvalue weighted by Crippen LogP contribution is 2.39. The van der Waals surface area contributed by atoms with Crippen molar-refractivity contribution in [1.29, 1.82) is 5.26 Å². The number of carbonyl (C=O) groups is 1. The number of ether oxygens (including phenoxy) is 1. The topological polar surface area (TPSA) is 65.4 Å². The van der Waals surface area contributed by atoms with E-state index >= 15 is 0 Å². The van der Waals surface area contributed by atoms with Gasteiger partial charge < -0.3 is 15.0 Å². The molecule has 3 aromatic carbocycles. The third-order valence-electron chi connectivity index (χ3n) is 7.30. The van der Waals surface area contributed by atoms with Crippen LogP contribution in [0.1, 0.15) is 36.8 Å². The molecule has 0 unspecified atom stereocenters. The predicted molar refractivity (Wildman–Crippen MR) is 143 cm³/mol. The fourth-order valence-corrected chi connectivity index (χ4v) is 5.17. The van der Waals surface area contributed by atoms with Gasteiger partial charge >= 0.3 is 0 Å². The van der Waals surface area contributed by atoms with Crippen LogP contribution in [0.5, 0.6) is 0 Å². The lowest BCUT2D eigenvalue weighted by molar-refractivity contribution is -0.134. The van der Waals surface area contributed by atoms with Gasteiger partial charge in [0, 0.05) is 25.3 Å². The quantitative estimate of drug-likeness (QED) is 0.377. The van der Waals surface area contributed by atoms with Gasteiger partial charge in [0.25, 0.3) is 0 Å². The van der Waals surface area contributed by atoms with Gasteiger partial charge in [0.1, 0.15) is 12.4 Å². The Hall–Kier alpha value is -3.24. The van der Waals surface area contributed by atoms with Crippen LogP contribution in [0.3, 0.4) is 0 Å². The van der Waals surface area contributed by atoms with E-state index in [1.807, 2.05) is 30.3 Å². The standard InChI is InChI=1S/C30H29ClFN3O2/c31-27-17-26(10-11-28(27)32)34-29(36)20-37-30(12-14-35(15-13-30)19-21-4-5-21)25-8-6-23(7-9-25)24-3-1-2-22(16-24)18-33/h1-3,6-11,16-17,21H,4-5,12-15,19-20H2,(H,34,36). The molecule has 3 aromatic rings. The number of carbonyl (C=O) groups excluding carboxylic acids is 1. The lowest BCUT2D eigenvalue weighted by Gasteiger charge is -2.42. The van der Waals surface area contributed by atoms with Gasteiger partial charge in [-0.2, -0.15) is 5.26 Å². The van der Waals surface area contributed by atoms with Crippen LogP contribution in [0, 0.1) is 23.1 Å². The normalized spacial score (nSPS) is 17.2. The molecule has 1 N–H and O–H groups in total. The Morgan fingerprint density at radius 2 is 1.84 bits per heavy atom. The molecule has 0 bridgehead atoms. The van der Waals surface area contributed by atoms with E-state index in [0.717, 1.165) is 55.1 Å². The molecule has 190 valence electrons. The molecule has 0 spiro atoms. The Bertz CT molecular complexity index is 1310. The summed E-state index contributed by atoms with van der Waals surface area (Å²) < 4.78 is 19.9. The summed E-state index contributed by atoms with van der Waals surface area (Å²) in [6.45, 7) is 2.84. The zero-order valence-corrected chi connectivity index (χ0v) is 21.3. The number of benzene rings is 3. The fraction of sp³-hybridized carbons (Fsp3) is 0.333. The number of hydrogen-bond acceptors (Lipinski definition) is 4. The van der Waals surface area contributed by atoms with Crippen LogP contribution in [0.25, 0.3) is 11.1 Å². The lowest BCUT2D eigenvalue weighted by atomic mass is 9.83. The van der Waals surface area contributed by atoms with Gasteiger partial charge in [-0.1, -0.05) is 48.0 Å². The minimum Gasteiger partial charge on any atom is -0.360 e. The number of piperidine rings is 1. The van der Waals surface area contributed by atoms with E-state index in [9.17, 15) is 14.4 Å². The first-order valence-electron chi connectivity index (χ1n) is 12.7. The predicted octanol–water partition coefficient (Wildman–Crippen LogP) is 6.37. The van der Waals surface area contributed by atoms with Crippen LogP contribution < -0.4 is 5.32 Å². The molecule has 1 amide bonds. The monoisotopic (exact) mass is 517 g/mol. The minimum atomic E-state index is -0.579. The summed E-state index contributed by atoms with van der Waals surface area (Å²) in [7, 11) is 0. The Kier molecular flexibility index (Phi) is 7.57. The van der Waals surface area contributed by atoms with E-state index in [-0.39, 0.29) is 17.5 Å². The summed E-state index contributed by atoms with van der Waals surface area (Å²) >= 11 is 5.85. The van der Waals surface area contributed by atoms with Gasteiger partial charge in [-0.05, 0) is 78.6 Å². The number of nitriles is 1. The van der Waals surface area contributed by atoms with Gasteiger partial charge in [0.15, 0.2) is 0 Å². The van der Waals surface area contributed by atoms with Crippen LogP contribution in [-0.4, -0.2) is 37.0 Å². The molecule has 1 saturated carbocycles. The highest BCUT2D eigenvalue weighted by Gasteiger charge is 2.39. The fourth-order valence-electron chi connectivity index (χ4n) is 4.99. The first kappa shape index (κ1) is 25.4. The highest BCUT2D eigenvalue weighted by molar-refractivity contribution is 6.31. The molecule has 7 heteroatoms. The van der Waals surface area contributed by atoms with Crippen molar-refractivity contribution < 1.29 is 13.9 Å². The summed E-state index contributed by atoms with van der Waals surface area (Å²) in [5.41, 5.74) is 3.52. The summed E-state index contributed by atoms with van der Waals surface area (Å²) in [5.74, 6) is -0.0202. The van der Waals surface area contributed by atoms with Crippen molar-refractivity contribution in [2.24, 2.45) is 5.92 Å². The van der Waals surface area contributed by atoms with E-state index in [2.05, 4.69) is 28.4 Å². The molecule has 5 rings (SSSR count). The van der Waals surface area contributed by atoms with E-state index < -0.39 is 11.4 Å². The van der Waals surface area contributed by atoms with Gasteiger partial charge in [-0.3, -0.25) is 4.79 Å². The molecule has 5 nitrogen and oxygen atoms in total. The van der Waals surface area contributed by atoms with Gasteiger partial charge in [0.05, 0.1) is 22.3 Å². The van der Waals surface area contributed by atoms with E-state index in [0.29, 0.717) is 11.3 Å². The summed E-state index contributed by atoms with van der Waals surface area (Å²) in [4.78, 5) is 15.2. The molecule has 0 radical (unpaired) electrons. The van der Waals surface area contributed by atoms with Gasteiger partial charge in [-0.25, -0.2) is 4.39 Å². The summed E-state index contributed by atoms with van der Waals surface area (Å²) in [6, 6.07) is 22.1. The summed E-state index contributed by atoms with van der Waals surface area (Å²) in [5, 5.41) is 11.9. The van der Waals surface area contributed by atoms with Crippen molar-refractivity contribution in [3.8, 4) is 17.2 Å². The molecule has 1 aliphatic heterocycles. The van der Waals surface area contributed by atoms with Crippen LogP contribution in [0.4, 0.5) is 10.1 Å². The van der Waals surface area contributed by atoms with Crippen LogP contribution >= 0.6 is 11.6 Å². The highest BCUT2D eigenvalue weighted by atomic mass is 35.5. The zero-order valence-electron chi connectivity index (χ0n) is 20.6. The Morgan fingerprint density at radius 1 is 1.08 bits per heavy atom. The van der Waals surface area contributed by atoms with Crippen molar-refractivity contribution >= 4 is 23.2 Å². The first-order chi connectivity index (χ1) is 17.9. The Morgan fingerprint density at radius 3 is 2.51 bits per heavy atom. The molecule has 0 aromatic heterocycles. The molecular weight excluding hydrogens is 489 g/mol. The van der Waals surface area contributed by atoms with Crippen molar-refractivity contribution in [1.82, 2.24) is 4.90 Å². The molecule has 2 aliphatic rings. The van der Waals surface area contributed by atoms with E-state index in [1.54, 1.807) is 6.07 Å². The molecule has 2 fully saturated rings. The first-order valence-corrected chi connectivity index (χ1v) is 13.0. The number of amides is 1. The SMILES string of the molecule is N#Cc1cccc(-c2ccc(C3(OCC(=O)Nc4ccc(F)c(Cl)c4)CCN(CC4CC4)CC3)cc2)c1. The van der Waals surface area contributed by atoms with Crippen molar-refractivity contribution in [3.63, 3.8) is 0 Å². The van der Waals surface area contributed by atoms with Crippen LogP contribution in [0.2, 0.25) is 5.02 Å². The number of nitrogens with one attached hydrogen (secondary N) is 1. The maximum atomic E-state index is 13.5. The summed E-state index contributed by atoms with van der Waals surface area (Å²) in [6.07, 6.45) is 4.22. The Labute approximate surface area is 221 Å². The number of hydrogen-bond donors (Lipinski definition) is 1. The Balaban J connectivity index is 1.32. The maximum absolute atomic E-state index is 13.5. The number of halogens is 2. The van der Waals surface area contributed by atoms with Crippen molar-refractivity contribution in [2.75, 3.05) is 31.6 Å². The third kappa shape index (κ3) is 6.19. The average molecular weight is 518 g/mol. The molecule has 0 atom stereocenters. The van der Waals surface area contributed by atoms with E-state index in [1.165, 1.54) is 31.0 Å². The molecule has 1 heterocycles. The molecule has 1 saturated heterocycles. The zero-order chi connectivity index (χ0) is 25.8. The smallest absolute Gasteiger partial charge is 0.250 e. The number of likely N-dealkylation sites (tertiary alicyclic amines) is 1. The number of anilines is 1. The second-order valence-corrected chi connectivity index (χ2v) is 10.4. The molecular formula is C30H29ClFN3O2. The minimum absolute atomic E-state index is 0.0429. The van der Waals surface area contributed by atoms with Crippen molar-refractivity contribution in [3.05, 3.63) is 88.7 Å². The van der Waals surface area contributed by atoms with Gasteiger partial charge in [-0.15, -0.1) is 0 Å². The third-order valence-corrected chi connectivity index (χ3v) is 7.59. The van der Waals surface area contributed by atoms with Crippen LogP contribution in [0.15, 0.2) is 66.7 Å². The van der Waals surface area contributed by atoms with E-state index in [4.69, 9.17) is 16.3 Å². The maximum Gasteiger partial charge on any atom is 0.250 e.